The van der Waals surface area contributed by atoms with Crippen molar-refractivity contribution in [3.05, 3.63) is 82.9 Å². The summed E-state index contributed by atoms with van der Waals surface area (Å²) < 4.78 is 5.89. The fourth-order valence-corrected chi connectivity index (χ4v) is 3.68. The van der Waals surface area contributed by atoms with Crippen molar-refractivity contribution in [3.63, 3.8) is 0 Å². The van der Waals surface area contributed by atoms with E-state index in [0.717, 1.165) is 35.3 Å². The molecule has 0 atom stereocenters. The monoisotopic (exact) mass is 421 g/mol. The molecule has 31 heavy (non-hydrogen) atoms. The highest BCUT2D eigenvalue weighted by Gasteiger charge is 2.32. The average molecular weight is 422 g/mol. The lowest BCUT2D eigenvalue weighted by Crippen LogP contribution is -2.49. The van der Waals surface area contributed by atoms with E-state index in [4.69, 9.17) is 9.84 Å². The number of hydrogen-bond acceptors (Lipinski definition) is 4. The van der Waals surface area contributed by atoms with Gasteiger partial charge in [0.15, 0.2) is 5.78 Å². The SMILES string of the molecule is C=C(O/C(C)=C(\C)CCC(=O)c1ccc(CN2CC(C(=O)O)C2)cc1)C1=CCCC=C1. The maximum absolute atomic E-state index is 12.6. The van der Waals surface area contributed by atoms with Crippen molar-refractivity contribution in [1.82, 2.24) is 4.90 Å². The number of nitrogens with zero attached hydrogens (tertiary/aromatic N) is 1. The number of carbonyl (C=O) groups is 2. The first-order chi connectivity index (χ1) is 14.8. The average Bonchev–Trinajstić information content (AvgIpc) is 2.74. The number of allylic oxidation sites excluding steroid dienone is 5. The molecule has 1 saturated heterocycles. The molecule has 1 aliphatic carbocycles. The van der Waals surface area contributed by atoms with Gasteiger partial charge in [0.05, 0.1) is 11.7 Å². The Bertz CT molecular complexity index is 931. The lowest BCUT2D eigenvalue weighted by Gasteiger charge is -2.36. The van der Waals surface area contributed by atoms with Crippen molar-refractivity contribution in [2.24, 2.45) is 5.92 Å². The van der Waals surface area contributed by atoms with Gasteiger partial charge in [-0.1, -0.05) is 49.1 Å². The third-order valence-corrected chi connectivity index (χ3v) is 5.91. The molecule has 3 rings (SSSR count). The Labute approximate surface area is 184 Å². The van der Waals surface area contributed by atoms with E-state index >= 15 is 0 Å². The van der Waals surface area contributed by atoms with Gasteiger partial charge in [0.25, 0.3) is 0 Å². The molecule has 1 aromatic carbocycles. The number of likely N-dealkylation sites (tertiary alicyclic amines) is 1. The zero-order valence-corrected chi connectivity index (χ0v) is 18.4. The van der Waals surface area contributed by atoms with Crippen LogP contribution in [0.3, 0.4) is 0 Å². The normalized spacial score (nSPS) is 17.4. The zero-order valence-electron chi connectivity index (χ0n) is 18.4. The van der Waals surface area contributed by atoms with Gasteiger partial charge in [-0.3, -0.25) is 14.5 Å². The molecule has 0 radical (unpaired) electrons. The Kier molecular flexibility index (Phi) is 7.64. The second-order valence-corrected chi connectivity index (χ2v) is 8.35. The van der Waals surface area contributed by atoms with Crippen LogP contribution >= 0.6 is 0 Å². The first-order valence-corrected chi connectivity index (χ1v) is 10.8. The second-order valence-electron chi connectivity index (χ2n) is 8.35. The van der Waals surface area contributed by atoms with Crippen molar-refractivity contribution in [2.75, 3.05) is 13.1 Å². The molecule has 0 aromatic heterocycles. The molecular weight excluding hydrogens is 390 g/mol. The van der Waals surface area contributed by atoms with Crippen LogP contribution in [0.1, 0.15) is 55.5 Å². The highest BCUT2D eigenvalue weighted by Crippen LogP contribution is 2.23. The van der Waals surface area contributed by atoms with Crippen LogP contribution in [0.15, 0.2) is 71.7 Å². The van der Waals surface area contributed by atoms with Crippen LogP contribution in [-0.4, -0.2) is 34.8 Å². The smallest absolute Gasteiger partial charge is 0.309 e. The zero-order chi connectivity index (χ0) is 22.4. The highest BCUT2D eigenvalue weighted by molar-refractivity contribution is 5.96. The molecule has 1 N–H and O–H groups in total. The van der Waals surface area contributed by atoms with Crippen LogP contribution in [-0.2, 0) is 16.1 Å². The van der Waals surface area contributed by atoms with Crippen LogP contribution in [0.2, 0.25) is 0 Å². The third kappa shape index (κ3) is 6.28. The van der Waals surface area contributed by atoms with Gasteiger partial charge in [-0.2, -0.15) is 0 Å². The summed E-state index contributed by atoms with van der Waals surface area (Å²) in [5, 5.41) is 8.96. The van der Waals surface area contributed by atoms with Crippen molar-refractivity contribution >= 4 is 11.8 Å². The molecule has 1 heterocycles. The molecule has 0 unspecified atom stereocenters. The van der Waals surface area contributed by atoms with E-state index in [9.17, 15) is 9.59 Å². The number of ether oxygens (including phenoxy) is 1. The minimum atomic E-state index is -0.727. The standard InChI is InChI=1S/C26H31NO4/c1-18(19(2)31-20(3)22-7-5-4-6-8-22)9-14-25(28)23-12-10-21(11-13-23)15-27-16-24(17-27)26(29)30/h5,7-8,10-13,24H,3-4,6,9,14-17H2,1-2H3,(H,29,30)/b19-18+. The molecule has 0 saturated carbocycles. The molecule has 1 aromatic rings. The summed E-state index contributed by atoms with van der Waals surface area (Å²) in [5.74, 6) is 0.561. The maximum atomic E-state index is 12.6. The summed E-state index contributed by atoms with van der Waals surface area (Å²) in [6, 6.07) is 7.62. The number of carboxylic acid groups (broad SMARTS) is 1. The van der Waals surface area contributed by atoms with Gasteiger partial charge < -0.3 is 9.84 Å². The maximum Gasteiger partial charge on any atom is 0.309 e. The molecule has 0 spiro atoms. The van der Waals surface area contributed by atoms with Gasteiger partial charge in [-0.25, -0.2) is 0 Å². The van der Waals surface area contributed by atoms with Crippen LogP contribution in [0, 0.1) is 5.92 Å². The quantitative estimate of drug-likeness (QED) is 0.412. The molecule has 164 valence electrons. The number of carboxylic acids is 1. The molecule has 1 aliphatic heterocycles. The first-order valence-electron chi connectivity index (χ1n) is 10.8. The summed E-state index contributed by atoms with van der Waals surface area (Å²) in [6.45, 7) is 9.81. The Morgan fingerprint density at radius 1 is 1.13 bits per heavy atom. The van der Waals surface area contributed by atoms with Gasteiger partial charge in [-0.15, -0.1) is 0 Å². The number of aliphatic carboxylic acids is 1. The minimum Gasteiger partial charge on any atom is -0.481 e. The topological polar surface area (TPSA) is 66.8 Å². The lowest BCUT2D eigenvalue weighted by atomic mass is 9.98. The van der Waals surface area contributed by atoms with E-state index in [0.29, 0.717) is 43.8 Å². The molecule has 2 aliphatic rings. The van der Waals surface area contributed by atoms with E-state index in [1.54, 1.807) is 0 Å². The Hall–Kier alpha value is -2.92. The number of carbonyl (C=O) groups excluding carboxylic acids is 1. The third-order valence-electron chi connectivity index (χ3n) is 5.91. The number of Topliss-reactive ketones (excluding diaryl/α,β-unsaturated/α-hetero) is 1. The Morgan fingerprint density at radius 3 is 2.45 bits per heavy atom. The predicted octanol–water partition coefficient (Wildman–Crippen LogP) is 5.27. The molecule has 5 heteroatoms. The molecule has 5 nitrogen and oxygen atoms in total. The fourth-order valence-electron chi connectivity index (χ4n) is 3.68. The number of hydrogen-bond donors (Lipinski definition) is 1. The minimum absolute atomic E-state index is 0.102. The Balaban J connectivity index is 1.46. The molecular formula is C26H31NO4. The summed E-state index contributed by atoms with van der Waals surface area (Å²) in [5.41, 5.74) is 3.85. The van der Waals surface area contributed by atoms with Crippen LogP contribution in [0.5, 0.6) is 0 Å². The largest absolute Gasteiger partial charge is 0.481 e. The summed E-state index contributed by atoms with van der Waals surface area (Å²) in [4.78, 5) is 25.6. The summed E-state index contributed by atoms with van der Waals surface area (Å²) in [6.07, 6.45) is 9.41. The number of benzene rings is 1. The number of rotatable bonds is 10. The molecule has 0 bridgehead atoms. The van der Waals surface area contributed by atoms with Gasteiger partial charge in [0.2, 0.25) is 0 Å². The fraction of sp³-hybridized carbons (Fsp3) is 0.385. The van der Waals surface area contributed by atoms with Crippen LogP contribution in [0.4, 0.5) is 0 Å². The highest BCUT2D eigenvalue weighted by atomic mass is 16.5. The van der Waals surface area contributed by atoms with E-state index in [1.807, 2.05) is 44.2 Å². The van der Waals surface area contributed by atoms with E-state index in [1.165, 1.54) is 0 Å². The Morgan fingerprint density at radius 2 is 1.84 bits per heavy atom. The molecule has 0 amide bonds. The van der Waals surface area contributed by atoms with E-state index in [2.05, 4.69) is 23.6 Å². The van der Waals surface area contributed by atoms with Gasteiger partial charge in [0, 0.05) is 37.2 Å². The van der Waals surface area contributed by atoms with Crippen LogP contribution < -0.4 is 0 Å². The van der Waals surface area contributed by atoms with Crippen molar-refractivity contribution in [1.29, 1.82) is 0 Å². The summed E-state index contributed by atoms with van der Waals surface area (Å²) >= 11 is 0. The summed E-state index contributed by atoms with van der Waals surface area (Å²) in [7, 11) is 0. The predicted molar refractivity (Wildman–Crippen MR) is 121 cm³/mol. The second kappa shape index (κ2) is 10.4. The van der Waals surface area contributed by atoms with Gasteiger partial charge >= 0.3 is 5.97 Å². The van der Waals surface area contributed by atoms with Gasteiger partial charge in [0.1, 0.15) is 5.76 Å². The van der Waals surface area contributed by atoms with E-state index in [-0.39, 0.29) is 11.7 Å². The van der Waals surface area contributed by atoms with Crippen molar-refractivity contribution < 1.29 is 19.4 Å². The van der Waals surface area contributed by atoms with Gasteiger partial charge in [-0.05, 0) is 44.2 Å². The van der Waals surface area contributed by atoms with Crippen molar-refractivity contribution in [3.8, 4) is 0 Å². The number of ketones is 1. The molecule has 1 fully saturated rings. The van der Waals surface area contributed by atoms with Crippen molar-refractivity contribution in [2.45, 2.75) is 46.1 Å². The van der Waals surface area contributed by atoms with Crippen LogP contribution in [0.25, 0.3) is 0 Å². The lowest BCUT2D eigenvalue weighted by molar-refractivity contribution is -0.147. The van der Waals surface area contributed by atoms with E-state index < -0.39 is 5.97 Å². The first kappa shape index (κ1) is 22.8.